The van der Waals surface area contributed by atoms with Crippen LogP contribution in [-0.2, 0) is 17.4 Å². The van der Waals surface area contributed by atoms with E-state index in [1.165, 1.54) is 19.9 Å². The van der Waals surface area contributed by atoms with Gasteiger partial charge in [-0.2, -0.15) is 23.4 Å². The molecule has 0 bridgehead atoms. The van der Waals surface area contributed by atoms with E-state index < -0.39 is 29.9 Å². The largest absolute Gasteiger partial charge is 0.405 e. The molecule has 0 saturated heterocycles. The number of nitrogens with one attached hydrogen (secondary N) is 4. The zero-order valence-electron chi connectivity index (χ0n) is 22.3. The number of nitrogens with zero attached hydrogens (tertiary/aromatic N) is 4. The molecule has 3 aromatic rings. The number of nitriles is 1. The van der Waals surface area contributed by atoms with Crippen LogP contribution in [0, 0.1) is 17.1 Å². The van der Waals surface area contributed by atoms with Crippen molar-refractivity contribution in [1.29, 1.82) is 5.26 Å². The fraction of sp³-hybridized carbons (Fsp3) is 0.370. The lowest BCUT2D eigenvalue weighted by molar-refractivity contribution is -0.123. The SMILES string of the molecule is CC(C)(C#N)c1nc(Nc2nc(Nc3ccc4c(c3)CCNC4(C)C)ncc2C(=O)NCC(F)(F)F)ccc1F. The molecular weight excluding hydrogens is 528 g/mol. The van der Waals surface area contributed by atoms with Gasteiger partial charge in [-0.05, 0) is 76.1 Å². The fourth-order valence-electron chi connectivity index (χ4n) is 4.33. The van der Waals surface area contributed by atoms with Crippen LogP contribution in [0.15, 0.2) is 36.5 Å². The number of fused-ring (bicyclic) bond motifs is 1. The average molecular weight is 557 g/mol. The van der Waals surface area contributed by atoms with Gasteiger partial charge in [-0.1, -0.05) is 6.07 Å². The first-order chi connectivity index (χ1) is 18.7. The molecule has 3 heterocycles. The third kappa shape index (κ3) is 6.45. The molecule has 9 nitrogen and oxygen atoms in total. The molecule has 1 aliphatic rings. The predicted octanol–water partition coefficient (Wildman–Crippen LogP) is 4.97. The van der Waals surface area contributed by atoms with Crippen LogP contribution in [0.5, 0.6) is 0 Å². The van der Waals surface area contributed by atoms with Gasteiger partial charge in [0.15, 0.2) is 0 Å². The lowest BCUT2D eigenvalue weighted by atomic mass is 9.85. The Bertz CT molecular complexity index is 1480. The normalized spacial score (nSPS) is 14.6. The summed E-state index contributed by atoms with van der Waals surface area (Å²) in [4.78, 5) is 25.2. The van der Waals surface area contributed by atoms with E-state index >= 15 is 0 Å². The molecule has 1 amide bonds. The van der Waals surface area contributed by atoms with Crippen LogP contribution >= 0.6 is 0 Å². The second-order valence-electron chi connectivity index (χ2n) is 10.4. The standard InChI is InChI=1S/C27H28F4N8O/c1-25(2,13-32)21-19(28)7-8-20(37-21)38-22-17(23(40)34-14-27(29,30)31)12-33-24(39-22)36-16-5-6-18-15(11-16)9-10-35-26(18,3)4/h5-8,11-12,35H,9-10,14H2,1-4H3,(H,34,40)(H2,33,36,37,38,39). The van der Waals surface area contributed by atoms with E-state index in [0.717, 1.165) is 36.4 Å². The van der Waals surface area contributed by atoms with Crippen LogP contribution < -0.4 is 21.3 Å². The molecule has 4 rings (SSSR count). The number of alkyl halides is 3. The molecule has 0 saturated carbocycles. The van der Waals surface area contributed by atoms with Gasteiger partial charge in [-0.3, -0.25) is 4.79 Å². The van der Waals surface area contributed by atoms with Crippen LogP contribution in [0.4, 0.5) is 40.8 Å². The maximum absolute atomic E-state index is 14.4. The van der Waals surface area contributed by atoms with Crippen molar-refractivity contribution in [3.05, 3.63) is 64.7 Å². The van der Waals surface area contributed by atoms with Crippen molar-refractivity contribution in [1.82, 2.24) is 25.6 Å². The van der Waals surface area contributed by atoms with Crippen molar-refractivity contribution in [2.24, 2.45) is 0 Å². The topological polar surface area (TPSA) is 128 Å². The highest BCUT2D eigenvalue weighted by Gasteiger charge is 2.30. The Morgan fingerprint density at radius 1 is 1.15 bits per heavy atom. The number of benzene rings is 1. The number of aromatic nitrogens is 3. The summed E-state index contributed by atoms with van der Waals surface area (Å²) in [5.74, 6) is -1.87. The van der Waals surface area contributed by atoms with Crippen molar-refractivity contribution in [3.8, 4) is 6.07 Å². The molecule has 1 aromatic carbocycles. The molecule has 40 heavy (non-hydrogen) atoms. The summed E-state index contributed by atoms with van der Waals surface area (Å²) in [6.07, 6.45) is -2.73. The number of carbonyl (C=O) groups excluding carboxylic acids is 1. The van der Waals surface area contributed by atoms with Crippen LogP contribution in [-0.4, -0.2) is 40.1 Å². The van der Waals surface area contributed by atoms with Crippen molar-refractivity contribution >= 4 is 29.2 Å². The predicted molar refractivity (Wildman–Crippen MR) is 141 cm³/mol. The van der Waals surface area contributed by atoms with Crippen LogP contribution in [0.1, 0.15) is 54.9 Å². The van der Waals surface area contributed by atoms with Gasteiger partial charge in [0.1, 0.15) is 29.6 Å². The number of anilines is 4. The molecule has 0 spiro atoms. The Hall–Kier alpha value is -4.31. The maximum atomic E-state index is 14.4. The van der Waals surface area contributed by atoms with E-state index in [1.54, 1.807) is 5.32 Å². The van der Waals surface area contributed by atoms with Crippen LogP contribution in [0.2, 0.25) is 0 Å². The monoisotopic (exact) mass is 556 g/mol. The molecular formula is C27H28F4N8O. The summed E-state index contributed by atoms with van der Waals surface area (Å²) in [5.41, 5.74) is 1.06. The highest BCUT2D eigenvalue weighted by Crippen LogP contribution is 2.31. The Kier molecular flexibility index (Phi) is 7.67. The van der Waals surface area contributed by atoms with Gasteiger partial charge in [-0.25, -0.2) is 14.4 Å². The third-order valence-electron chi connectivity index (χ3n) is 6.44. The van der Waals surface area contributed by atoms with Crippen molar-refractivity contribution < 1.29 is 22.4 Å². The van der Waals surface area contributed by atoms with Crippen molar-refractivity contribution in [3.63, 3.8) is 0 Å². The number of pyridine rings is 1. The number of rotatable bonds is 7. The van der Waals surface area contributed by atoms with E-state index in [4.69, 9.17) is 0 Å². The van der Waals surface area contributed by atoms with E-state index in [-0.39, 0.29) is 34.4 Å². The number of hydrogen-bond acceptors (Lipinski definition) is 8. The molecule has 210 valence electrons. The lowest BCUT2D eigenvalue weighted by Crippen LogP contribution is -2.42. The number of amides is 1. The Morgan fingerprint density at radius 2 is 1.90 bits per heavy atom. The lowest BCUT2D eigenvalue weighted by Gasteiger charge is -2.34. The summed E-state index contributed by atoms with van der Waals surface area (Å²) >= 11 is 0. The first kappa shape index (κ1) is 28.7. The average Bonchev–Trinajstić information content (AvgIpc) is 2.88. The number of carbonyl (C=O) groups is 1. The molecule has 4 N–H and O–H groups in total. The Morgan fingerprint density at radius 3 is 2.60 bits per heavy atom. The van der Waals surface area contributed by atoms with Gasteiger partial charge in [-0.15, -0.1) is 0 Å². The van der Waals surface area contributed by atoms with Crippen LogP contribution in [0.25, 0.3) is 0 Å². The van der Waals surface area contributed by atoms with E-state index in [2.05, 4.69) is 44.7 Å². The van der Waals surface area contributed by atoms with Crippen molar-refractivity contribution in [2.45, 2.75) is 51.2 Å². The smallest absolute Gasteiger partial charge is 0.343 e. The zero-order chi connectivity index (χ0) is 29.3. The van der Waals surface area contributed by atoms with Gasteiger partial charge in [0.2, 0.25) is 5.95 Å². The minimum atomic E-state index is -4.63. The highest BCUT2D eigenvalue weighted by molar-refractivity contribution is 5.99. The van der Waals surface area contributed by atoms with E-state index in [0.29, 0.717) is 5.69 Å². The molecule has 0 radical (unpaired) electrons. The molecule has 0 atom stereocenters. The van der Waals surface area contributed by atoms with E-state index in [9.17, 15) is 27.6 Å². The Balaban J connectivity index is 1.68. The zero-order valence-corrected chi connectivity index (χ0v) is 22.3. The van der Waals surface area contributed by atoms with Gasteiger partial charge in [0.05, 0.1) is 17.2 Å². The Labute approximate surface area is 228 Å². The molecule has 0 fully saturated rings. The first-order valence-electron chi connectivity index (χ1n) is 12.4. The molecule has 0 unspecified atom stereocenters. The van der Waals surface area contributed by atoms with Crippen LogP contribution in [0.3, 0.4) is 0 Å². The maximum Gasteiger partial charge on any atom is 0.405 e. The first-order valence-corrected chi connectivity index (χ1v) is 12.4. The molecule has 1 aliphatic heterocycles. The number of hydrogen-bond donors (Lipinski definition) is 4. The molecule has 13 heteroatoms. The minimum Gasteiger partial charge on any atom is -0.343 e. The van der Waals surface area contributed by atoms with Gasteiger partial charge < -0.3 is 21.3 Å². The summed E-state index contributed by atoms with van der Waals surface area (Å²) in [7, 11) is 0. The molecule has 0 aliphatic carbocycles. The van der Waals surface area contributed by atoms with Gasteiger partial charge in [0, 0.05) is 17.4 Å². The minimum absolute atomic E-state index is 0.0257. The quantitative estimate of drug-likeness (QED) is 0.301. The highest BCUT2D eigenvalue weighted by atomic mass is 19.4. The number of halogens is 4. The van der Waals surface area contributed by atoms with Crippen molar-refractivity contribution in [2.75, 3.05) is 23.7 Å². The molecule has 2 aromatic heterocycles. The summed E-state index contributed by atoms with van der Waals surface area (Å²) in [6, 6.07) is 10.1. The fourth-order valence-corrected chi connectivity index (χ4v) is 4.33. The second kappa shape index (κ2) is 10.7. The summed E-state index contributed by atoms with van der Waals surface area (Å²) in [6.45, 7) is 6.41. The summed E-state index contributed by atoms with van der Waals surface area (Å²) in [5, 5.41) is 20.5. The summed E-state index contributed by atoms with van der Waals surface area (Å²) < 4.78 is 52.6. The van der Waals surface area contributed by atoms with Gasteiger partial charge >= 0.3 is 6.18 Å². The van der Waals surface area contributed by atoms with E-state index in [1.807, 2.05) is 24.3 Å². The van der Waals surface area contributed by atoms with Gasteiger partial charge in [0.25, 0.3) is 5.91 Å². The second-order valence-corrected chi connectivity index (χ2v) is 10.4. The third-order valence-corrected chi connectivity index (χ3v) is 6.44.